The fourth-order valence-corrected chi connectivity index (χ4v) is 3.41. The van der Waals surface area contributed by atoms with E-state index < -0.39 is 0 Å². The van der Waals surface area contributed by atoms with Crippen LogP contribution in [0.5, 0.6) is 0 Å². The van der Waals surface area contributed by atoms with Gasteiger partial charge in [-0.3, -0.25) is 14.4 Å². The summed E-state index contributed by atoms with van der Waals surface area (Å²) >= 11 is 24.9. The van der Waals surface area contributed by atoms with Gasteiger partial charge < -0.3 is 14.2 Å². The number of carbonyl (C=O) groups excluding carboxylic acids is 3. The summed E-state index contributed by atoms with van der Waals surface area (Å²) < 4.78 is 15.5. The molecule has 0 rings (SSSR count). The maximum absolute atomic E-state index is 10.5. The van der Waals surface area contributed by atoms with E-state index in [1.165, 1.54) is 43.0 Å². The average Bonchev–Trinajstić information content (AvgIpc) is 2.86. The van der Waals surface area contributed by atoms with Gasteiger partial charge in [0.05, 0.1) is 19.3 Å². The Hall–Kier alpha value is 1.31. The van der Waals surface area contributed by atoms with E-state index in [9.17, 15) is 14.4 Å². The molecule has 13 heteroatoms. The Labute approximate surface area is 266 Å². The van der Waals surface area contributed by atoms with Crippen LogP contribution in [0.2, 0.25) is 4.44 Å². The van der Waals surface area contributed by atoms with Crippen LogP contribution in [0.25, 0.3) is 0 Å². The van der Waals surface area contributed by atoms with E-state index in [0.717, 1.165) is 0 Å². The van der Waals surface area contributed by atoms with Crippen molar-refractivity contribution < 1.29 is 28.6 Å². The van der Waals surface area contributed by atoms with E-state index in [1.54, 1.807) is 22.5 Å². The van der Waals surface area contributed by atoms with Crippen molar-refractivity contribution in [2.75, 3.05) is 54.3 Å². The van der Waals surface area contributed by atoms with Crippen molar-refractivity contribution in [2.45, 2.75) is 69.1 Å². The normalized spacial score (nSPS) is 9.33. The van der Waals surface area contributed by atoms with E-state index >= 15 is 0 Å². The quantitative estimate of drug-likeness (QED) is 0.0380. The van der Waals surface area contributed by atoms with Gasteiger partial charge in [0, 0.05) is 34.5 Å². The summed E-state index contributed by atoms with van der Waals surface area (Å²) in [6.45, 7) is 3.46. The molecule has 0 atom stereocenters. The molecule has 0 aliphatic heterocycles. The van der Waals surface area contributed by atoms with Gasteiger partial charge in [-0.25, -0.2) is 0 Å². The first-order valence-electron chi connectivity index (χ1n) is 12.1. The van der Waals surface area contributed by atoms with Gasteiger partial charge in [0.15, 0.2) is 0 Å². The standard InChI is InChI=1S/C8H17.3C5H10O2S2.Sn/c1-3-5-7-8-6-4-2;3*6-5(1-3-8)7-2-4-9;/h1,3-8H2,2H3;3*8-9H,1-4H2;. The Kier molecular flexibility index (Phi) is 53.4. The molecular formula is C23H47O6S6Sn. The molecule has 215 valence electrons. The molecule has 0 aliphatic carbocycles. The third-order valence-electron chi connectivity index (χ3n) is 3.54. The van der Waals surface area contributed by atoms with Gasteiger partial charge in [-0.1, -0.05) is 0 Å². The second kappa shape index (κ2) is 43.4. The molecule has 0 aromatic heterocycles. The van der Waals surface area contributed by atoms with E-state index in [-0.39, 0.29) is 17.9 Å². The molecule has 0 fully saturated rings. The van der Waals surface area contributed by atoms with E-state index in [2.05, 4.69) is 96.9 Å². The average molecular weight is 731 g/mol. The van der Waals surface area contributed by atoms with E-state index in [0.29, 0.717) is 73.6 Å². The molecule has 6 nitrogen and oxygen atoms in total. The van der Waals surface area contributed by atoms with Gasteiger partial charge in [0.25, 0.3) is 0 Å². The maximum Gasteiger partial charge on any atom is 0.306 e. The van der Waals surface area contributed by atoms with Crippen LogP contribution in [0.4, 0.5) is 0 Å². The Morgan fingerprint density at radius 1 is 0.528 bits per heavy atom. The third-order valence-corrected chi connectivity index (χ3v) is 5.77. The zero-order valence-electron chi connectivity index (χ0n) is 21.6. The van der Waals surface area contributed by atoms with Crippen LogP contribution in [-0.4, -0.2) is 94.8 Å². The zero-order chi connectivity index (χ0) is 28.3. The van der Waals surface area contributed by atoms with Gasteiger partial charge in [0.1, 0.15) is 19.8 Å². The molecule has 0 bridgehead atoms. The molecule has 0 saturated carbocycles. The van der Waals surface area contributed by atoms with Crippen molar-refractivity contribution in [1.29, 1.82) is 0 Å². The van der Waals surface area contributed by atoms with Crippen molar-refractivity contribution in [3.05, 3.63) is 0 Å². The molecule has 0 amide bonds. The summed E-state index contributed by atoms with van der Waals surface area (Å²) in [5.74, 6) is 2.80. The summed E-state index contributed by atoms with van der Waals surface area (Å²) in [6.07, 6.45) is 9.86. The molecule has 0 N–H and O–H groups in total. The molecule has 0 spiro atoms. The molecular weight excluding hydrogens is 683 g/mol. The number of esters is 3. The van der Waals surface area contributed by atoms with Crippen LogP contribution in [0.15, 0.2) is 0 Å². The van der Waals surface area contributed by atoms with Gasteiger partial charge in [-0.15, -0.1) is 0 Å². The summed E-state index contributed by atoms with van der Waals surface area (Å²) in [4.78, 5) is 31.5. The SMILES string of the molecule is CCCCCCC[CH2][Sn].O=C(CCS)OCCS.O=C(CCS)OCCS.O=C(CCS)OCCS. The van der Waals surface area contributed by atoms with Gasteiger partial charge in [0.2, 0.25) is 0 Å². The van der Waals surface area contributed by atoms with Crippen molar-refractivity contribution >= 4 is 116 Å². The fourth-order valence-electron chi connectivity index (χ4n) is 1.87. The largest absolute Gasteiger partial charge is 0.465 e. The fraction of sp³-hybridized carbons (Fsp3) is 0.870. The Morgan fingerprint density at radius 3 is 1.08 bits per heavy atom. The first-order chi connectivity index (χ1) is 17.3. The van der Waals surface area contributed by atoms with Gasteiger partial charge >= 0.3 is 90.3 Å². The summed E-state index contributed by atoms with van der Waals surface area (Å²) in [7, 11) is 0. The summed E-state index contributed by atoms with van der Waals surface area (Å²) in [6, 6.07) is 0. The molecule has 0 aliphatic rings. The predicted molar refractivity (Wildman–Crippen MR) is 174 cm³/mol. The smallest absolute Gasteiger partial charge is 0.306 e. The second-order valence-corrected chi connectivity index (χ2v) is 10.9. The number of hydrogen-bond acceptors (Lipinski definition) is 12. The molecule has 0 aromatic carbocycles. The second-order valence-electron chi connectivity index (χ2n) is 6.77. The minimum absolute atomic E-state index is 0.195. The summed E-state index contributed by atoms with van der Waals surface area (Å²) in [5.41, 5.74) is 0. The summed E-state index contributed by atoms with van der Waals surface area (Å²) in [5, 5.41) is 0. The maximum atomic E-state index is 10.5. The first-order valence-corrected chi connectivity index (χ1v) is 17.9. The van der Waals surface area contributed by atoms with Gasteiger partial charge in [-0.05, 0) is 0 Å². The number of rotatable bonds is 18. The predicted octanol–water partition coefficient (Wildman–Crippen LogP) is 5.27. The molecule has 3 radical (unpaired) electrons. The van der Waals surface area contributed by atoms with Crippen LogP contribution in [0.3, 0.4) is 0 Å². The van der Waals surface area contributed by atoms with Crippen molar-refractivity contribution in [1.82, 2.24) is 0 Å². The minimum Gasteiger partial charge on any atom is -0.465 e. The number of hydrogen-bond donors (Lipinski definition) is 6. The van der Waals surface area contributed by atoms with E-state index in [4.69, 9.17) is 0 Å². The number of thiol groups is 6. The monoisotopic (exact) mass is 731 g/mol. The Morgan fingerprint density at radius 2 is 0.833 bits per heavy atom. The van der Waals surface area contributed by atoms with Crippen LogP contribution in [-0.2, 0) is 28.6 Å². The zero-order valence-corrected chi connectivity index (χ0v) is 29.8. The van der Waals surface area contributed by atoms with Crippen molar-refractivity contribution in [2.24, 2.45) is 0 Å². The third kappa shape index (κ3) is 51.9. The number of carbonyl (C=O) groups is 3. The van der Waals surface area contributed by atoms with Gasteiger partial charge in [-0.2, -0.15) is 75.8 Å². The van der Waals surface area contributed by atoms with Crippen LogP contribution < -0.4 is 0 Å². The van der Waals surface area contributed by atoms with Crippen LogP contribution >= 0.6 is 75.8 Å². The first kappa shape index (κ1) is 44.3. The van der Waals surface area contributed by atoms with E-state index in [1.807, 2.05) is 0 Å². The number of unbranched alkanes of at least 4 members (excludes halogenated alkanes) is 5. The van der Waals surface area contributed by atoms with Crippen LogP contribution in [0, 0.1) is 0 Å². The Balaban J connectivity index is -0.000000190. The molecule has 0 unspecified atom stereocenters. The minimum atomic E-state index is -0.195. The van der Waals surface area contributed by atoms with Crippen molar-refractivity contribution in [3.63, 3.8) is 0 Å². The topological polar surface area (TPSA) is 78.9 Å². The van der Waals surface area contributed by atoms with Crippen molar-refractivity contribution in [3.8, 4) is 0 Å². The molecule has 36 heavy (non-hydrogen) atoms. The number of ether oxygens (including phenoxy) is 3. The van der Waals surface area contributed by atoms with Crippen LogP contribution in [0.1, 0.15) is 64.7 Å². The molecule has 0 heterocycles. The Bertz CT molecular complexity index is 407. The molecule has 0 aromatic rings. The molecule has 0 saturated heterocycles.